The number of rotatable bonds is 6. The third-order valence-electron chi connectivity index (χ3n) is 4.70. The molecule has 1 fully saturated rings. The number of anilines is 1. The summed E-state index contributed by atoms with van der Waals surface area (Å²) in [6, 6.07) is 10.2. The Morgan fingerprint density at radius 3 is 2.50 bits per heavy atom. The summed E-state index contributed by atoms with van der Waals surface area (Å²) < 4.78 is 54.0. The SMILES string of the molecule is CC(NC(=O)C1CC(S(=O)(=O)Nc2ccccc2F)CN1)c1ccc(F)cc1. The molecule has 0 saturated carbocycles. The predicted octanol–water partition coefficient (Wildman–Crippen LogP) is 2.31. The van der Waals surface area contributed by atoms with Crippen LogP contribution in [0.4, 0.5) is 14.5 Å². The van der Waals surface area contributed by atoms with Crippen molar-refractivity contribution in [3.05, 3.63) is 65.7 Å². The minimum atomic E-state index is -3.86. The van der Waals surface area contributed by atoms with E-state index in [2.05, 4.69) is 15.4 Å². The van der Waals surface area contributed by atoms with Gasteiger partial charge < -0.3 is 10.6 Å². The van der Waals surface area contributed by atoms with E-state index in [4.69, 9.17) is 0 Å². The molecule has 0 aliphatic carbocycles. The molecule has 28 heavy (non-hydrogen) atoms. The summed E-state index contributed by atoms with van der Waals surface area (Å²) in [7, 11) is -3.86. The highest BCUT2D eigenvalue weighted by molar-refractivity contribution is 7.93. The van der Waals surface area contributed by atoms with Gasteiger partial charge in [-0.2, -0.15) is 0 Å². The minimum absolute atomic E-state index is 0.0613. The lowest BCUT2D eigenvalue weighted by Crippen LogP contribution is -2.41. The van der Waals surface area contributed by atoms with E-state index in [9.17, 15) is 22.0 Å². The van der Waals surface area contributed by atoms with E-state index in [1.807, 2.05) is 0 Å². The van der Waals surface area contributed by atoms with Crippen molar-refractivity contribution < 1.29 is 22.0 Å². The van der Waals surface area contributed by atoms with Gasteiger partial charge in [0.2, 0.25) is 15.9 Å². The van der Waals surface area contributed by atoms with Crippen molar-refractivity contribution in [1.82, 2.24) is 10.6 Å². The van der Waals surface area contributed by atoms with Crippen LogP contribution in [-0.2, 0) is 14.8 Å². The first-order valence-corrected chi connectivity index (χ1v) is 10.4. The van der Waals surface area contributed by atoms with Crippen LogP contribution < -0.4 is 15.4 Å². The minimum Gasteiger partial charge on any atom is -0.348 e. The van der Waals surface area contributed by atoms with Crippen LogP contribution in [-0.4, -0.2) is 32.2 Å². The molecule has 1 aliphatic heterocycles. The number of carbonyl (C=O) groups excluding carboxylic acids is 1. The van der Waals surface area contributed by atoms with Crippen LogP contribution in [0.3, 0.4) is 0 Å². The van der Waals surface area contributed by atoms with Gasteiger partial charge >= 0.3 is 0 Å². The Balaban J connectivity index is 1.60. The third kappa shape index (κ3) is 4.66. The molecule has 3 atom stereocenters. The van der Waals surface area contributed by atoms with Crippen LogP contribution >= 0.6 is 0 Å². The summed E-state index contributed by atoms with van der Waals surface area (Å²) >= 11 is 0. The highest BCUT2D eigenvalue weighted by Crippen LogP contribution is 2.21. The number of benzene rings is 2. The zero-order valence-electron chi connectivity index (χ0n) is 15.2. The molecule has 150 valence electrons. The van der Waals surface area contributed by atoms with Gasteiger partial charge in [-0.05, 0) is 43.2 Å². The Labute approximate surface area is 162 Å². The molecular formula is C19H21F2N3O3S. The number of hydrogen-bond donors (Lipinski definition) is 3. The van der Waals surface area contributed by atoms with Gasteiger partial charge in [-0.3, -0.25) is 9.52 Å². The summed E-state index contributed by atoms with van der Waals surface area (Å²) in [6.07, 6.45) is 0.0613. The van der Waals surface area contributed by atoms with E-state index < -0.39 is 27.1 Å². The number of sulfonamides is 1. The molecule has 1 saturated heterocycles. The molecule has 9 heteroatoms. The molecule has 0 bridgehead atoms. The highest BCUT2D eigenvalue weighted by Gasteiger charge is 2.37. The Hall–Kier alpha value is -2.52. The molecule has 3 unspecified atom stereocenters. The first-order valence-electron chi connectivity index (χ1n) is 8.81. The van der Waals surface area contributed by atoms with E-state index >= 15 is 0 Å². The topological polar surface area (TPSA) is 87.3 Å². The van der Waals surface area contributed by atoms with Gasteiger partial charge in [0, 0.05) is 6.54 Å². The van der Waals surface area contributed by atoms with Crippen LogP contribution in [0.1, 0.15) is 24.9 Å². The van der Waals surface area contributed by atoms with Crippen molar-refractivity contribution in [1.29, 1.82) is 0 Å². The molecule has 2 aromatic carbocycles. The first-order chi connectivity index (χ1) is 13.3. The summed E-state index contributed by atoms with van der Waals surface area (Å²) in [4.78, 5) is 12.5. The summed E-state index contributed by atoms with van der Waals surface area (Å²) in [5.41, 5.74) is 0.610. The Morgan fingerprint density at radius 1 is 1.14 bits per heavy atom. The second-order valence-electron chi connectivity index (χ2n) is 6.73. The second kappa shape index (κ2) is 8.24. The van der Waals surface area contributed by atoms with Crippen LogP contribution in [0.5, 0.6) is 0 Å². The van der Waals surface area contributed by atoms with Crippen LogP contribution in [0.25, 0.3) is 0 Å². The van der Waals surface area contributed by atoms with Gasteiger partial charge in [0.1, 0.15) is 11.6 Å². The summed E-state index contributed by atoms with van der Waals surface area (Å²) in [5.74, 6) is -1.38. The van der Waals surface area contributed by atoms with Crippen LogP contribution in [0.15, 0.2) is 48.5 Å². The monoisotopic (exact) mass is 409 g/mol. The lowest BCUT2D eigenvalue weighted by molar-refractivity contribution is -0.123. The predicted molar refractivity (Wildman–Crippen MR) is 102 cm³/mol. The molecule has 3 N–H and O–H groups in total. The standard InChI is InChI=1S/C19H21F2N3O3S/c1-12(13-6-8-14(20)9-7-13)23-19(25)18-10-15(11-22-18)28(26,27)24-17-5-3-2-4-16(17)21/h2-9,12,15,18,22,24H,10-11H2,1H3,(H,23,25). The number of hydrogen-bond acceptors (Lipinski definition) is 4. The lowest BCUT2D eigenvalue weighted by atomic mass is 10.1. The zero-order chi connectivity index (χ0) is 20.3. The van der Waals surface area contributed by atoms with Crippen LogP contribution in [0.2, 0.25) is 0 Å². The fraction of sp³-hybridized carbons (Fsp3) is 0.316. The lowest BCUT2D eigenvalue weighted by Gasteiger charge is -2.18. The highest BCUT2D eigenvalue weighted by atomic mass is 32.2. The molecule has 2 aromatic rings. The average Bonchev–Trinajstić information content (AvgIpc) is 3.15. The smallest absolute Gasteiger partial charge is 0.237 e. The third-order valence-corrected chi connectivity index (χ3v) is 6.44. The second-order valence-corrected chi connectivity index (χ2v) is 8.69. The Bertz CT molecular complexity index is 951. The van der Waals surface area contributed by atoms with Gasteiger partial charge in [0.25, 0.3) is 0 Å². The molecule has 6 nitrogen and oxygen atoms in total. The number of amides is 1. The largest absolute Gasteiger partial charge is 0.348 e. The number of halogens is 2. The number of carbonyl (C=O) groups is 1. The maximum atomic E-state index is 13.7. The van der Waals surface area contributed by atoms with Crippen molar-refractivity contribution in [3.63, 3.8) is 0 Å². The maximum Gasteiger partial charge on any atom is 0.237 e. The maximum absolute atomic E-state index is 13.7. The molecular weight excluding hydrogens is 388 g/mol. The van der Waals surface area contributed by atoms with E-state index in [0.29, 0.717) is 0 Å². The summed E-state index contributed by atoms with van der Waals surface area (Å²) in [5, 5.41) is 4.81. The van der Waals surface area contributed by atoms with Crippen molar-refractivity contribution in [2.45, 2.75) is 30.7 Å². The molecule has 0 radical (unpaired) electrons. The quantitative estimate of drug-likeness (QED) is 0.683. The van der Waals surface area contributed by atoms with Crippen molar-refractivity contribution in [3.8, 4) is 0 Å². The molecule has 3 rings (SSSR count). The fourth-order valence-electron chi connectivity index (χ4n) is 3.07. The number of nitrogens with one attached hydrogen (secondary N) is 3. The zero-order valence-corrected chi connectivity index (χ0v) is 16.0. The molecule has 1 amide bonds. The molecule has 0 spiro atoms. The molecule has 1 heterocycles. The van der Waals surface area contributed by atoms with E-state index in [-0.39, 0.29) is 36.4 Å². The molecule has 0 aromatic heterocycles. The van der Waals surface area contributed by atoms with Gasteiger partial charge in [-0.1, -0.05) is 24.3 Å². The van der Waals surface area contributed by atoms with Crippen LogP contribution in [0, 0.1) is 11.6 Å². The Kier molecular flexibility index (Phi) is 5.95. The van der Waals surface area contributed by atoms with E-state index in [1.54, 1.807) is 19.1 Å². The average molecular weight is 409 g/mol. The van der Waals surface area contributed by atoms with Gasteiger partial charge in [-0.15, -0.1) is 0 Å². The van der Waals surface area contributed by atoms with Gasteiger partial charge in [0.05, 0.1) is 23.0 Å². The fourth-order valence-corrected chi connectivity index (χ4v) is 4.47. The Morgan fingerprint density at radius 2 is 1.82 bits per heavy atom. The van der Waals surface area contributed by atoms with Crippen molar-refractivity contribution >= 4 is 21.6 Å². The normalized spacial score (nSPS) is 20.5. The van der Waals surface area contributed by atoms with Gasteiger partial charge in [0.15, 0.2) is 0 Å². The van der Waals surface area contributed by atoms with Crippen molar-refractivity contribution in [2.75, 3.05) is 11.3 Å². The number of para-hydroxylation sites is 1. The van der Waals surface area contributed by atoms with E-state index in [0.717, 1.165) is 11.6 Å². The first kappa shape index (κ1) is 20.2. The molecule has 1 aliphatic rings. The van der Waals surface area contributed by atoms with E-state index in [1.165, 1.54) is 30.3 Å². The van der Waals surface area contributed by atoms with Crippen molar-refractivity contribution in [2.24, 2.45) is 0 Å². The van der Waals surface area contributed by atoms with Gasteiger partial charge in [-0.25, -0.2) is 17.2 Å². The summed E-state index contributed by atoms with van der Waals surface area (Å²) in [6.45, 7) is 1.83.